The van der Waals surface area contributed by atoms with Crippen LogP contribution in [0, 0.1) is 6.92 Å². The standard InChI is InChI=1S/C30H35Cl2N3O6S/c1-6-15-33-30(37)21(3)34(18-22-9-13-25(31)26(32)16-22)29(36)19-35(27-17-23(40-4)10-14-28(27)41-5)42(38,39)24-11-7-20(2)8-12-24/h7-14,16-17,21H,6,15,18-19H2,1-5H3,(H,33,37)/t21-/m1/s1. The Morgan fingerprint density at radius 1 is 0.952 bits per heavy atom. The molecule has 1 atom stereocenters. The molecule has 0 saturated heterocycles. The van der Waals surface area contributed by atoms with Crippen LogP contribution in [0.3, 0.4) is 0 Å². The number of rotatable bonds is 13. The summed E-state index contributed by atoms with van der Waals surface area (Å²) < 4.78 is 40.0. The maximum Gasteiger partial charge on any atom is 0.264 e. The Kier molecular flexibility index (Phi) is 11.5. The highest BCUT2D eigenvalue weighted by molar-refractivity contribution is 7.92. The molecular weight excluding hydrogens is 601 g/mol. The lowest BCUT2D eigenvalue weighted by Gasteiger charge is -2.32. The van der Waals surface area contributed by atoms with Gasteiger partial charge in [-0.1, -0.05) is 53.9 Å². The van der Waals surface area contributed by atoms with Crippen molar-refractivity contribution in [3.8, 4) is 11.5 Å². The van der Waals surface area contributed by atoms with Crippen molar-refractivity contribution in [1.29, 1.82) is 0 Å². The molecule has 3 aromatic rings. The van der Waals surface area contributed by atoms with Gasteiger partial charge in [0.25, 0.3) is 10.0 Å². The first-order valence-corrected chi connectivity index (χ1v) is 15.4. The average Bonchev–Trinajstić information content (AvgIpc) is 2.98. The largest absolute Gasteiger partial charge is 0.497 e. The summed E-state index contributed by atoms with van der Waals surface area (Å²) in [6.07, 6.45) is 0.706. The summed E-state index contributed by atoms with van der Waals surface area (Å²) in [5, 5.41) is 3.43. The van der Waals surface area contributed by atoms with Gasteiger partial charge in [-0.3, -0.25) is 13.9 Å². The molecule has 0 bridgehead atoms. The van der Waals surface area contributed by atoms with E-state index < -0.39 is 28.5 Å². The van der Waals surface area contributed by atoms with Crippen LogP contribution >= 0.6 is 23.2 Å². The number of amides is 2. The Morgan fingerprint density at radius 3 is 2.24 bits per heavy atom. The van der Waals surface area contributed by atoms with Gasteiger partial charge >= 0.3 is 0 Å². The molecule has 0 spiro atoms. The molecule has 0 aromatic heterocycles. The molecule has 1 N–H and O–H groups in total. The van der Waals surface area contributed by atoms with Crippen LogP contribution in [0.15, 0.2) is 65.6 Å². The van der Waals surface area contributed by atoms with Crippen molar-refractivity contribution < 1.29 is 27.5 Å². The summed E-state index contributed by atoms with van der Waals surface area (Å²) >= 11 is 12.3. The van der Waals surface area contributed by atoms with Crippen molar-refractivity contribution in [1.82, 2.24) is 10.2 Å². The van der Waals surface area contributed by atoms with Crippen molar-refractivity contribution in [3.63, 3.8) is 0 Å². The zero-order valence-electron chi connectivity index (χ0n) is 24.2. The Balaban J connectivity index is 2.12. The number of nitrogens with zero attached hydrogens (tertiary/aromatic N) is 2. The Bertz CT molecular complexity index is 1520. The quantitative estimate of drug-likeness (QED) is 0.267. The smallest absolute Gasteiger partial charge is 0.264 e. The fourth-order valence-electron chi connectivity index (χ4n) is 4.16. The molecule has 0 radical (unpaired) electrons. The van der Waals surface area contributed by atoms with Gasteiger partial charge in [0.1, 0.15) is 24.1 Å². The molecule has 0 unspecified atom stereocenters. The van der Waals surface area contributed by atoms with Gasteiger partial charge in [-0.2, -0.15) is 0 Å². The number of aryl methyl sites for hydroxylation is 1. The average molecular weight is 637 g/mol. The van der Waals surface area contributed by atoms with Crippen molar-refractivity contribution in [2.75, 3.05) is 31.6 Å². The van der Waals surface area contributed by atoms with Gasteiger partial charge in [-0.25, -0.2) is 8.42 Å². The molecule has 0 aliphatic rings. The van der Waals surface area contributed by atoms with E-state index in [1.165, 1.54) is 37.3 Å². The van der Waals surface area contributed by atoms with E-state index in [9.17, 15) is 18.0 Å². The molecule has 12 heteroatoms. The van der Waals surface area contributed by atoms with Gasteiger partial charge in [0.15, 0.2) is 0 Å². The minimum Gasteiger partial charge on any atom is -0.497 e. The highest BCUT2D eigenvalue weighted by Gasteiger charge is 2.34. The van der Waals surface area contributed by atoms with Crippen LogP contribution in [0.2, 0.25) is 10.0 Å². The first-order chi connectivity index (χ1) is 19.9. The van der Waals surface area contributed by atoms with E-state index in [-0.39, 0.29) is 33.8 Å². The van der Waals surface area contributed by atoms with Crippen LogP contribution in [0.1, 0.15) is 31.4 Å². The second kappa shape index (κ2) is 14.6. The van der Waals surface area contributed by atoms with Crippen molar-refractivity contribution in [2.45, 2.75) is 44.7 Å². The number of carbonyl (C=O) groups is 2. The van der Waals surface area contributed by atoms with Gasteiger partial charge in [0.2, 0.25) is 11.8 Å². The zero-order valence-corrected chi connectivity index (χ0v) is 26.5. The number of hydrogen-bond donors (Lipinski definition) is 1. The maximum absolute atomic E-state index is 14.1. The predicted octanol–water partition coefficient (Wildman–Crippen LogP) is 5.46. The third kappa shape index (κ3) is 7.87. The third-order valence-electron chi connectivity index (χ3n) is 6.60. The molecule has 0 heterocycles. The topological polar surface area (TPSA) is 105 Å². The summed E-state index contributed by atoms with van der Waals surface area (Å²) in [6, 6.07) is 14.9. The summed E-state index contributed by atoms with van der Waals surface area (Å²) in [5.74, 6) is -0.427. The van der Waals surface area contributed by atoms with Crippen LogP contribution in [0.4, 0.5) is 5.69 Å². The van der Waals surface area contributed by atoms with Crippen molar-refractivity contribution in [3.05, 3.63) is 81.8 Å². The maximum atomic E-state index is 14.1. The molecule has 0 saturated carbocycles. The molecule has 3 aromatic carbocycles. The van der Waals surface area contributed by atoms with Gasteiger partial charge in [-0.15, -0.1) is 0 Å². The number of anilines is 1. The zero-order chi connectivity index (χ0) is 31.0. The highest BCUT2D eigenvalue weighted by atomic mass is 35.5. The molecule has 0 aliphatic carbocycles. The van der Waals surface area contributed by atoms with Gasteiger partial charge in [0.05, 0.1) is 34.8 Å². The number of hydrogen-bond acceptors (Lipinski definition) is 6. The van der Waals surface area contributed by atoms with Crippen molar-refractivity contribution >= 4 is 50.7 Å². The van der Waals surface area contributed by atoms with Gasteiger partial charge in [-0.05, 0) is 62.2 Å². The predicted molar refractivity (Wildman–Crippen MR) is 165 cm³/mol. The van der Waals surface area contributed by atoms with Crippen LogP contribution in [-0.2, 0) is 26.2 Å². The monoisotopic (exact) mass is 635 g/mol. The molecule has 0 aliphatic heterocycles. The Labute approximate surface area is 257 Å². The number of halogens is 2. The first-order valence-electron chi connectivity index (χ1n) is 13.3. The second-order valence-electron chi connectivity index (χ2n) is 9.60. The third-order valence-corrected chi connectivity index (χ3v) is 9.11. The number of sulfonamides is 1. The number of carbonyl (C=O) groups excluding carboxylic acids is 2. The summed E-state index contributed by atoms with van der Waals surface area (Å²) in [6.45, 7) is 5.11. The normalized spacial score (nSPS) is 11.9. The minimum absolute atomic E-state index is 0.0180. The van der Waals surface area contributed by atoms with E-state index in [0.29, 0.717) is 29.3 Å². The molecule has 42 heavy (non-hydrogen) atoms. The lowest BCUT2D eigenvalue weighted by Crippen LogP contribution is -2.51. The summed E-state index contributed by atoms with van der Waals surface area (Å²) in [7, 11) is -1.44. The SMILES string of the molecule is CCCNC(=O)[C@@H](C)N(Cc1ccc(Cl)c(Cl)c1)C(=O)CN(c1cc(OC)ccc1OC)S(=O)(=O)c1ccc(C)cc1. The number of nitrogens with one attached hydrogen (secondary N) is 1. The van der Waals surface area contributed by atoms with Crippen LogP contribution < -0.4 is 19.1 Å². The first kappa shape index (κ1) is 33.0. The number of ether oxygens (including phenoxy) is 2. The Morgan fingerprint density at radius 2 is 1.64 bits per heavy atom. The summed E-state index contributed by atoms with van der Waals surface area (Å²) in [4.78, 5) is 28.4. The van der Waals surface area contributed by atoms with Crippen molar-refractivity contribution in [2.24, 2.45) is 0 Å². The van der Waals surface area contributed by atoms with E-state index in [1.807, 2.05) is 13.8 Å². The second-order valence-corrected chi connectivity index (χ2v) is 12.3. The van der Waals surface area contributed by atoms with Crippen LogP contribution in [-0.4, -0.2) is 58.5 Å². The van der Waals surface area contributed by atoms with Crippen LogP contribution in [0.25, 0.3) is 0 Å². The fourth-order valence-corrected chi connectivity index (χ4v) is 5.89. The van der Waals surface area contributed by atoms with E-state index in [1.54, 1.807) is 49.4 Å². The lowest BCUT2D eigenvalue weighted by atomic mass is 10.1. The summed E-state index contributed by atoms with van der Waals surface area (Å²) in [5.41, 5.74) is 1.58. The van der Waals surface area contributed by atoms with E-state index in [0.717, 1.165) is 9.87 Å². The highest BCUT2D eigenvalue weighted by Crippen LogP contribution is 2.36. The van der Waals surface area contributed by atoms with E-state index >= 15 is 0 Å². The van der Waals surface area contributed by atoms with Gasteiger partial charge in [0, 0.05) is 19.2 Å². The molecule has 2 amide bonds. The molecular formula is C30H35Cl2N3O6S. The van der Waals surface area contributed by atoms with Crippen LogP contribution in [0.5, 0.6) is 11.5 Å². The van der Waals surface area contributed by atoms with E-state index in [2.05, 4.69) is 5.32 Å². The minimum atomic E-state index is -4.29. The molecule has 9 nitrogen and oxygen atoms in total. The fraction of sp³-hybridized carbons (Fsp3) is 0.333. The Hall–Kier alpha value is -3.47. The lowest BCUT2D eigenvalue weighted by molar-refractivity contribution is -0.139. The number of benzene rings is 3. The molecule has 226 valence electrons. The molecule has 0 fully saturated rings. The molecule has 3 rings (SSSR count). The van der Waals surface area contributed by atoms with E-state index in [4.69, 9.17) is 32.7 Å². The number of methoxy groups -OCH3 is 2. The van der Waals surface area contributed by atoms with Gasteiger partial charge < -0.3 is 19.7 Å².